The molecule has 4 rings (SSSR count). The van der Waals surface area contributed by atoms with Gasteiger partial charge < -0.3 is 15.0 Å². The standard InChI is InChI=1S/C24H24FN3O2/c25-21-3-1-2-18(14-21)16-27-24(29)15-22-7-4-20(17-26-22)19-5-8-23(9-6-19)28-10-12-30-13-11-28/h1-8,10,12,14,17,23H,9,11,13,15-16H2,(H,27,29). The van der Waals surface area contributed by atoms with Gasteiger partial charge in [-0.05, 0) is 41.3 Å². The summed E-state index contributed by atoms with van der Waals surface area (Å²) in [4.78, 5) is 18.9. The lowest BCUT2D eigenvalue weighted by atomic mass is 9.97. The van der Waals surface area contributed by atoms with Crippen molar-refractivity contribution in [1.29, 1.82) is 0 Å². The van der Waals surface area contributed by atoms with Crippen LogP contribution < -0.4 is 5.32 Å². The number of carbonyl (C=O) groups excluding carboxylic acids is 1. The molecule has 30 heavy (non-hydrogen) atoms. The van der Waals surface area contributed by atoms with E-state index in [0.29, 0.717) is 18.3 Å². The van der Waals surface area contributed by atoms with Crippen LogP contribution in [-0.4, -0.2) is 35.0 Å². The van der Waals surface area contributed by atoms with Crippen molar-refractivity contribution in [2.45, 2.75) is 25.4 Å². The van der Waals surface area contributed by atoms with Crippen LogP contribution in [0.4, 0.5) is 4.39 Å². The maximum absolute atomic E-state index is 13.2. The first kappa shape index (κ1) is 19.9. The summed E-state index contributed by atoms with van der Waals surface area (Å²) in [6.07, 6.45) is 13.2. The number of halogens is 1. The number of allylic oxidation sites excluding steroid dienone is 2. The molecule has 0 saturated carbocycles. The van der Waals surface area contributed by atoms with E-state index in [0.717, 1.165) is 36.3 Å². The molecule has 1 aliphatic heterocycles. The minimum atomic E-state index is -0.308. The van der Waals surface area contributed by atoms with E-state index in [4.69, 9.17) is 4.74 Å². The van der Waals surface area contributed by atoms with Crippen molar-refractivity contribution in [1.82, 2.24) is 15.2 Å². The number of benzene rings is 1. The summed E-state index contributed by atoms with van der Waals surface area (Å²) in [5.41, 5.74) is 3.60. The first-order chi connectivity index (χ1) is 14.7. The number of rotatable bonds is 6. The monoisotopic (exact) mass is 405 g/mol. The second-order valence-corrected chi connectivity index (χ2v) is 7.34. The summed E-state index contributed by atoms with van der Waals surface area (Å²) in [6, 6.07) is 10.4. The molecule has 0 spiro atoms. The van der Waals surface area contributed by atoms with Crippen LogP contribution in [0.1, 0.15) is 23.2 Å². The van der Waals surface area contributed by atoms with Gasteiger partial charge in [-0.2, -0.15) is 0 Å². The predicted molar refractivity (Wildman–Crippen MR) is 114 cm³/mol. The van der Waals surface area contributed by atoms with Crippen LogP contribution in [-0.2, 0) is 22.5 Å². The number of nitrogens with zero attached hydrogens (tertiary/aromatic N) is 2. The van der Waals surface area contributed by atoms with Crippen LogP contribution >= 0.6 is 0 Å². The van der Waals surface area contributed by atoms with Crippen molar-refractivity contribution in [2.24, 2.45) is 0 Å². The third-order valence-electron chi connectivity index (χ3n) is 5.20. The summed E-state index contributed by atoms with van der Waals surface area (Å²) < 4.78 is 18.5. The van der Waals surface area contributed by atoms with Crippen molar-refractivity contribution >= 4 is 11.5 Å². The molecular formula is C24H24FN3O2. The second kappa shape index (κ2) is 9.39. The van der Waals surface area contributed by atoms with Gasteiger partial charge in [0.2, 0.25) is 5.91 Å². The Bertz CT molecular complexity index is 982. The Morgan fingerprint density at radius 1 is 1.30 bits per heavy atom. The molecule has 1 aromatic heterocycles. The number of amides is 1. The van der Waals surface area contributed by atoms with Gasteiger partial charge in [-0.15, -0.1) is 0 Å². The maximum Gasteiger partial charge on any atom is 0.226 e. The van der Waals surface area contributed by atoms with E-state index in [-0.39, 0.29) is 18.1 Å². The van der Waals surface area contributed by atoms with Crippen molar-refractivity contribution in [3.63, 3.8) is 0 Å². The molecule has 0 fully saturated rings. The Morgan fingerprint density at radius 3 is 2.93 bits per heavy atom. The highest BCUT2D eigenvalue weighted by Gasteiger charge is 2.17. The highest BCUT2D eigenvalue weighted by Crippen LogP contribution is 2.24. The first-order valence-corrected chi connectivity index (χ1v) is 10.1. The molecule has 0 saturated heterocycles. The average Bonchev–Trinajstić information content (AvgIpc) is 2.79. The quantitative estimate of drug-likeness (QED) is 0.798. The lowest BCUT2D eigenvalue weighted by Gasteiger charge is -2.31. The smallest absolute Gasteiger partial charge is 0.226 e. The van der Waals surface area contributed by atoms with Crippen molar-refractivity contribution in [3.8, 4) is 0 Å². The molecule has 1 unspecified atom stereocenters. The number of hydrogen-bond donors (Lipinski definition) is 1. The van der Waals surface area contributed by atoms with Crippen LogP contribution in [0.15, 0.2) is 73.3 Å². The molecule has 1 N–H and O–H groups in total. The molecule has 2 aliphatic rings. The van der Waals surface area contributed by atoms with Gasteiger partial charge >= 0.3 is 0 Å². The molecule has 1 aliphatic carbocycles. The molecule has 0 radical (unpaired) electrons. The van der Waals surface area contributed by atoms with Crippen molar-refractivity contribution < 1.29 is 13.9 Å². The van der Waals surface area contributed by atoms with Crippen molar-refractivity contribution in [3.05, 3.63) is 95.9 Å². The topological polar surface area (TPSA) is 54.5 Å². The number of ether oxygens (including phenoxy) is 1. The normalized spacial score (nSPS) is 18.0. The van der Waals surface area contributed by atoms with Gasteiger partial charge in [0.05, 0.1) is 25.3 Å². The Morgan fingerprint density at radius 2 is 2.23 bits per heavy atom. The zero-order valence-electron chi connectivity index (χ0n) is 16.6. The summed E-state index contributed by atoms with van der Waals surface area (Å²) >= 11 is 0. The van der Waals surface area contributed by atoms with Crippen LogP contribution in [0.5, 0.6) is 0 Å². The predicted octanol–water partition coefficient (Wildman–Crippen LogP) is 3.59. The molecule has 0 bridgehead atoms. The highest BCUT2D eigenvalue weighted by atomic mass is 19.1. The molecule has 6 heteroatoms. The van der Waals surface area contributed by atoms with Gasteiger partial charge in [0.15, 0.2) is 0 Å². The van der Waals surface area contributed by atoms with E-state index in [1.807, 2.05) is 18.3 Å². The fourth-order valence-corrected chi connectivity index (χ4v) is 3.54. The highest BCUT2D eigenvalue weighted by molar-refractivity contribution is 5.78. The second-order valence-electron chi connectivity index (χ2n) is 7.34. The zero-order chi connectivity index (χ0) is 20.8. The van der Waals surface area contributed by atoms with Crippen LogP contribution in [0.2, 0.25) is 0 Å². The third kappa shape index (κ3) is 5.14. The lowest BCUT2D eigenvalue weighted by molar-refractivity contribution is -0.120. The number of hydrogen-bond acceptors (Lipinski definition) is 4. The van der Waals surface area contributed by atoms with Crippen LogP contribution in [0, 0.1) is 5.82 Å². The molecule has 5 nitrogen and oxygen atoms in total. The van der Waals surface area contributed by atoms with Gasteiger partial charge in [-0.3, -0.25) is 9.78 Å². The van der Waals surface area contributed by atoms with E-state index in [2.05, 4.69) is 33.4 Å². The van der Waals surface area contributed by atoms with E-state index >= 15 is 0 Å². The first-order valence-electron chi connectivity index (χ1n) is 10.1. The zero-order valence-corrected chi connectivity index (χ0v) is 16.6. The fourth-order valence-electron chi connectivity index (χ4n) is 3.54. The maximum atomic E-state index is 13.2. The van der Waals surface area contributed by atoms with Gasteiger partial charge in [0.1, 0.15) is 12.4 Å². The number of pyridine rings is 1. The minimum Gasteiger partial charge on any atom is -0.498 e. The summed E-state index contributed by atoms with van der Waals surface area (Å²) in [6.45, 7) is 1.91. The summed E-state index contributed by atoms with van der Waals surface area (Å²) in [5, 5.41) is 2.80. The van der Waals surface area contributed by atoms with Crippen LogP contribution in [0.3, 0.4) is 0 Å². The Balaban J connectivity index is 1.29. The minimum absolute atomic E-state index is 0.141. The van der Waals surface area contributed by atoms with Gasteiger partial charge in [0.25, 0.3) is 0 Å². The number of aromatic nitrogens is 1. The fraction of sp³-hybridized carbons (Fsp3) is 0.250. The number of nitrogens with one attached hydrogen (secondary N) is 1. The molecule has 1 amide bonds. The molecule has 2 aromatic rings. The average molecular weight is 405 g/mol. The lowest BCUT2D eigenvalue weighted by Crippen LogP contribution is -2.34. The van der Waals surface area contributed by atoms with E-state index in [1.165, 1.54) is 12.1 Å². The van der Waals surface area contributed by atoms with Gasteiger partial charge in [-0.1, -0.05) is 36.4 Å². The SMILES string of the molecule is O=C(Cc1ccc(C2=CCC(N3C=COCC3)C=C2)cn1)NCc1cccc(F)c1. The Kier molecular flexibility index (Phi) is 6.23. The number of carbonyl (C=O) groups is 1. The molecule has 2 heterocycles. The Labute approximate surface area is 175 Å². The largest absolute Gasteiger partial charge is 0.498 e. The summed E-state index contributed by atoms with van der Waals surface area (Å²) in [5.74, 6) is -0.449. The van der Waals surface area contributed by atoms with E-state index in [9.17, 15) is 9.18 Å². The summed E-state index contributed by atoms with van der Waals surface area (Å²) in [7, 11) is 0. The van der Waals surface area contributed by atoms with Gasteiger partial charge in [-0.25, -0.2) is 4.39 Å². The molecule has 154 valence electrons. The molecule has 1 aromatic carbocycles. The molecule has 1 atom stereocenters. The van der Waals surface area contributed by atoms with Crippen LogP contribution in [0.25, 0.3) is 5.57 Å². The van der Waals surface area contributed by atoms with E-state index < -0.39 is 0 Å². The van der Waals surface area contributed by atoms with Crippen molar-refractivity contribution in [2.75, 3.05) is 13.2 Å². The molecular weight excluding hydrogens is 381 g/mol. The van der Waals surface area contributed by atoms with Gasteiger partial charge in [0, 0.05) is 24.6 Å². The third-order valence-corrected chi connectivity index (χ3v) is 5.20. The van der Waals surface area contributed by atoms with E-state index in [1.54, 1.807) is 24.6 Å². The Hall–Kier alpha value is -3.41.